The van der Waals surface area contributed by atoms with Gasteiger partial charge in [0.25, 0.3) is 11.8 Å². The first-order chi connectivity index (χ1) is 14.6. The van der Waals surface area contributed by atoms with Crippen molar-refractivity contribution in [2.75, 3.05) is 25.9 Å². The van der Waals surface area contributed by atoms with Crippen molar-refractivity contribution in [3.05, 3.63) is 65.2 Å². The number of sulfone groups is 1. The zero-order valence-electron chi connectivity index (χ0n) is 17.5. The number of amides is 3. The fourth-order valence-corrected chi connectivity index (χ4v) is 3.94. The molecule has 0 bridgehead atoms. The van der Waals surface area contributed by atoms with Gasteiger partial charge in [0.1, 0.15) is 0 Å². The summed E-state index contributed by atoms with van der Waals surface area (Å²) in [6.45, 7) is 2.53. The quantitative estimate of drug-likeness (QED) is 0.726. The smallest absolute Gasteiger partial charge is 0.260 e. The van der Waals surface area contributed by atoms with E-state index in [4.69, 9.17) is 0 Å². The van der Waals surface area contributed by atoms with E-state index < -0.39 is 9.84 Å². The molecule has 8 nitrogen and oxygen atoms in total. The summed E-state index contributed by atoms with van der Waals surface area (Å²) in [4.78, 5) is 37.7. The van der Waals surface area contributed by atoms with E-state index in [9.17, 15) is 22.8 Å². The first-order valence-electron chi connectivity index (χ1n) is 9.89. The van der Waals surface area contributed by atoms with Crippen LogP contribution < -0.4 is 5.32 Å². The molecule has 1 aliphatic heterocycles. The van der Waals surface area contributed by atoms with Gasteiger partial charge in [0, 0.05) is 24.9 Å². The van der Waals surface area contributed by atoms with Gasteiger partial charge in [-0.3, -0.25) is 19.4 Å². The van der Waals surface area contributed by atoms with Crippen molar-refractivity contribution < 1.29 is 22.8 Å². The third kappa shape index (κ3) is 5.69. The van der Waals surface area contributed by atoms with Gasteiger partial charge in [-0.2, -0.15) is 0 Å². The Balaban J connectivity index is 1.58. The van der Waals surface area contributed by atoms with Crippen LogP contribution in [0, 0.1) is 6.92 Å². The SMILES string of the molecule is Cc1ccc(C(=O)NCC(=O)N2CCCN2C(=O)Cc2ccc(S(C)(=O)=O)cc2)cc1. The fourth-order valence-electron chi connectivity index (χ4n) is 3.30. The second-order valence-corrected chi connectivity index (χ2v) is 9.54. The third-order valence-electron chi connectivity index (χ3n) is 5.03. The number of hydrogen-bond acceptors (Lipinski definition) is 5. The van der Waals surface area contributed by atoms with E-state index in [0.29, 0.717) is 30.6 Å². The van der Waals surface area contributed by atoms with Gasteiger partial charge < -0.3 is 5.32 Å². The Morgan fingerprint density at radius 1 is 0.903 bits per heavy atom. The number of hydrogen-bond donors (Lipinski definition) is 1. The van der Waals surface area contributed by atoms with Crippen molar-refractivity contribution in [1.82, 2.24) is 15.3 Å². The standard InChI is InChI=1S/C22H25N3O5S/c1-16-4-8-18(9-5-16)22(28)23-15-21(27)25-13-3-12-24(25)20(26)14-17-6-10-19(11-7-17)31(2,29)30/h4-11H,3,12-15H2,1-2H3,(H,23,28). The van der Waals surface area contributed by atoms with Crippen LogP contribution in [0.4, 0.5) is 0 Å². The summed E-state index contributed by atoms with van der Waals surface area (Å²) < 4.78 is 23.1. The molecule has 9 heteroatoms. The van der Waals surface area contributed by atoms with E-state index in [1.807, 2.05) is 19.1 Å². The number of benzene rings is 2. The highest BCUT2D eigenvalue weighted by atomic mass is 32.2. The van der Waals surface area contributed by atoms with Crippen LogP contribution in [0.5, 0.6) is 0 Å². The molecule has 1 heterocycles. The highest BCUT2D eigenvalue weighted by Gasteiger charge is 2.30. The molecular formula is C22H25N3O5S. The maximum atomic E-state index is 12.7. The average Bonchev–Trinajstić information content (AvgIpc) is 3.22. The van der Waals surface area contributed by atoms with Crippen LogP contribution in [0.2, 0.25) is 0 Å². The topological polar surface area (TPSA) is 104 Å². The van der Waals surface area contributed by atoms with Crippen molar-refractivity contribution in [3.8, 4) is 0 Å². The van der Waals surface area contributed by atoms with Gasteiger partial charge in [-0.25, -0.2) is 13.4 Å². The lowest BCUT2D eigenvalue weighted by atomic mass is 10.1. The Hall–Kier alpha value is -3.20. The predicted octanol–water partition coefficient (Wildman–Crippen LogP) is 1.35. The fraction of sp³-hybridized carbons (Fsp3) is 0.318. The summed E-state index contributed by atoms with van der Waals surface area (Å²) >= 11 is 0. The molecule has 0 unspecified atom stereocenters. The minimum Gasteiger partial charge on any atom is -0.343 e. The van der Waals surface area contributed by atoms with Crippen LogP contribution in [-0.4, -0.2) is 62.0 Å². The lowest BCUT2D eigenvalue weighted by molar-refractivity contribution is -0.156. The van der Waals surface area contributed by atoms with E-state index in [0.717, 1.165) is 11.8 Å². The zero-order valence-corrected chi connectivity index (χ0v) is 18.3. The number of nitrogens with one attached hydrogen (secondary N) is 1. The second-order valence-electron chi connectivity index (χ2n) is 7.53. The summed E-state index contributed by atoms with van der Waals surface area (Å²) in [6, 6.07) is 13.1. The second kappa shape index (κ2) is 9.30. The van der Waals surface area contributed by atoms with Crippen molar-refractivity contribution in [3.63, 3.8) is 0 Å². The Morgan fingerprint density at radius 2 is 1.48 bits per heavy atom. The first kappa shape index (κ1) is 22.5. The molecule has 0 atom stereocenters. The minimum atomic E-state index is -3.30. The van der Waals surface area contributed by atoms with Crippen LogP contribution in [0.3, 0.4) is 0 Å². The van der Waals surface area contributed by atoms with E-state index in [1.165, 1.54) is 22.2 Å². The lowest BCUT2D eigenvalue weighted by Gasteiger charge is -2.28. The van der Waals surface area contributed by atoms with Gasteiger partial charge in [-0.05, 0) is 43.2 Å². The van der Waals surface area contributed by atoms with Crippen LogP contribution in [0.15, 0.2) is 53.4 Å². The summed E-state index contributed by atoms with van der Waals surface area (Å²) in [5.74, 6) is -0.974. The lowest BCUT2D eigenvalue weighted by Crippen LogP contribution is -2.49. The van der Waals surface area contributed by atoms with E-state index >= 15 is 0 Å². The van der Waals surface area contributed by atoms with Gasteiger partial charge in [-0.15, -0.1) is 0 Å². The molecule has 3 rings (SSSR count). The predicted molar refractivity (Wildman–Crippen MR) is 115 cm³/mol. The van der Waals surface area contributed by atoms with E-state index in [1.54, 1.807) is 24.3 Å². The van der Waals surface area contributed by atoms with Gasteiger partial charge in [0.15, 0.2) is 9.84 Å². The Bertz CT molecular complexity index is 1080. The van der Waals surface area contributed by atoms with Gasteiger partial charge in [-0.1, -0.05) is 29.8 Å². The highest BCUT2D eigenvalue weighted by Crippen LogP contribution is 2.15. The molecule has 0 radical (unpaired) electrons. The maximum absolute atomic E-state index is 12.7. The van der Waals surface area contributed by atoms with Crippen molar-refractivity contribution in [1.29, 1.82) is 0 Å². The van der Waals surface area contributed by atoms with Gasteiger partial charge in [0.05, 0.1) is 17.9 Å². The molecule has 2 aromatic carbocycles. The summed E-state index contributed by atoms with van der Waals surface area (Å²) in [6.07, 6.45) is 1.82. The van der Waals surface area contributed by atoms with Gasteiger partial charge >= 0.3 is 0 Å². The monoisotopic (exact) mass is 443 g/mol. The molecule has 0 saturated carbocycles. The molecule has 1 fully saturated rings. The normalized spacial score (nSPS) is 13.9. The number of rotatable bonds is 6. The first-order valence-corrected chi connectivity index (χ1v) is 11.8. The van der Waals surface area contributed by atoms with Crippen LogP contribution >= 0.6 is 0 Å². The molecule has 1 saturated heterocycles. The molecule has 164 valence electrons. The zero-order chi connectivity index (χ0) is 22.6. The maximum Gasteiger partial charge on any atom is 0.260 e. The summed E-state index contributed by atoms with van der Waals surface area (Å²) in [7, 11) is -3.30. The molecule has 1 aliphatic rings. The molecular weight excluding hydrogens is 418 g/mol. The number of carbonyl (C=O) groups is 3. The molecule has 0 aliphatic carbocycles. The molecule has 1 N–H and O–H groups in total. The van der Waals surface area contributed by atoms with E-state index in [-0.39, 0.29) is 35.6 Å². The van der Waals surface area contributed by atoms with Crippen molar-refractivity contribution >= 4 is 27.6 Å². The third-order valence-corrected chi connectivity index (χ3v) is 6.16. The van der Waals surface area contributed by atoms with Crippen LogP contribution in [0.25, 0.3) is 0 Å². The Labute approximate surface area is 181 Å². The number of nitrogens with zero attached hydrogens (tertiary/aromatic N) is 2. The van der Waals surface area contributed by atoms with Gasteiger partial charge in [0.2, 0.25) is 5.91 Å². The highest BCUT2D eigenvalue weighted by molar-refractivity contribution is 7.90. The molecule has 0 spiro atoms. The largest absolute Gasteiger partial charge is 0.343 e. The molecule has 31 heavy (non-hydrogen) atoms. The Morgan fingerprint density at radius 3 is 2.06 bits per heavy atom. The number of aryl methyl sites for hydroxylation is 1. The molecule has 2 aromatic rings. The number of hydrazine groups is 1. The number of carbonyl (C=O) groups excluding carboxylic acids is 3. The molecule has 3 amide bonds. The van der Waals surface area contributed by atoms with Crippen molar-refractivity contribution in [2.45, 2.75) is 24.7 Å². The van der Waals surface area contributed by atoms with E-state index in [2.05, 4.69) is 5.32 Å². The van der Waals surface area contributed by atoms with Crippen LogP contribution in [0.1, 0.15) is 27.9 Å². The Kier molecular flexibility index (Phi) is 6.74. The van der Waals surface area contributed by atoms with Crippen molar-refractivity contribution in [2.24, 2.45) is 0 Å². The summed E-state index contributed by atoms with van der Waals surface area (Å²) in [5, 5.41) is 5.36. The van der Waals surface area contributed by atoms with Crippen LogP contribution in [-0.2, 0) is 25.8 Å². The minimum absolute atomic E-state index is 0.0452. The summed E-state index contributed by atoms with van der Waals surface area (Å²) in [5.41, 5.74) is 2.15. The molecule has 0 aromatic heterocycles. The average molecular weight is 444 g/mol.